The molecule has 1 rings (SSSR count). The molecule has 2 amide bonds. The first kappa shape index (κ1) is 20.4. The second-order valence-corrected chi connectivity index (χ2v) is 6.16. The molecule has 8 nitrogen and oxygen atoms in total. The lowest BCUT2D eigenvalue weighted by Gasteiger charge is -2.21. The number of amides is 2. The summed E-state index contributed by atoms with van der Waals surface area (Å²) in [6.07, 6.45) is 0.159. The third-order valence-electron chi connectivity index (χ3n) is 3.53. The lowest BCUT2D eigenvalue weighted by Crippen LogP contribution is -2.44. The number of aryl methyl sites for hydroxylation is 1. The van der Waals surface area contributed by atoms with Gasteiger partial charge in [0.2, 0.25) is 0 Å². The molecule has 1 aromatic carbocycles. The van der Waals surface area contributed by atoms with Gasteiger partial charge in [0.1, 0.15) is 0 Å². The fourth-order valence-electron chi connectivity index (χ4n) is 2.43. The van der Waals surface area contributed by atoms with Gasteiger partial charge < -0.3 is 15.4 Å². The molecular weight excluding hydrogens is 326 g/mol. The van der Waals surface area contributed by atoms with Crippen LogP contribution in [0.15, 0.2) is 18.2 Å². The van der Waals surface area contributed by atoms with Crippen LogP contribution in [0.5, 0.6) is 0 Å². The van der Waals surface area contributed by atoms with Gasteiger partial charge in [-0.15, -0.1) is 0 Å². The van der Waals surface area contributed by atoms with Crippen LogP contribution in [0.4, 0.5) is 10.5 Å². The van der Waals surface area contributed by atoms with Crippen LogP contribution in [-0.2, 0) is 4.74 Å². The maximum Gasteiger partial charge on any atom is 0.407 e. The van der Waals surface area contributed by atoms with Crippen molar-refractivity contribution in [2.45, 2.75) is 40.2 Å². The molecule has 0 fully saturated rings. The van der Waals surface area contributed by atoms with Gasteiger partial charge in [0, 0.05) is 30.3 Å². The quantitative estimate of drug-likeness (QED) is 0.553. The second kappa shape index (κ2) is 9.61. The molecule has 0 spiro atoms. The number of ether oxygens (including phenoxy) is 1. The molecule has 0 aliphatic carbocycles. The Morgan fingerprint density at radius 3 is 2.52 bits per heavy atom. The molecule has 8 heteroatoms. The molecule has 0 radical (unpaired) electrons. The summed E-state index contributed by atoms with van der Waals surface area (Å²) in [6, 6.07) is 3.82. The molecule has 0 aliphatic heterocycles. The van der Waals surface area contributed by atoms with Crippen molar-refractivity contribution in [1.82, 2.24) is 10.6 Å². The minimum atomic E-state index is -0.520. The summed E-state index contributed by atoms with van der Waals surface area (Å²) in [5.41, 5.74) is 0.825. The zero-order valence-corrected chi connectivity index (χ0v) is 15.0. The van der Waals surface area contributed by atoms with Crippen molar-refractivity contribution in [2.24, 2.45) is 5.92 Å². The normalized spacial score (nSPS) is 11.7. The first-order valence-electron chi connectivity index (χ1n) is 8.21. The number of hydrogen-bond donors (Lipinski definition) is 2. The number of carbonyl (C=O) groups is 2. The number of rotatable bonds is 8. The fourth-order valence-corrected chi connectivity index (χ4v) is 2.43. The van der Waals surface area contributed by atoms with E-state index in [-0.39, 0.29) is 30.8 Å². The van der Waals surface area contributed by atoms with Crippen molar-refractivity contribution in [2.75, 3.05) is 13.2 Å². The standard InChI is InChI=1S/C17H25N3O5/c1-5-25-17(22)19-13(8-11(2)3)10-18-16(21)15-7-6-14(20(23)24)9-12(15)4/h6-7,9,11,13H,5,8,10H2,1-4H3,(H,18,21)(H,19,22). The molecule has 0 bridgehead atoms. The lowest BCUT2D eigenvalue weighted by molar-refractivity contribution is -0.384. The molecule has 0 saturated heterocycles. The van der Waals surface area contributed by atoms with Gasteiger partial charge in [0.05, 0.1) is 11.5 Å². The van der Waals surface area contributed by atoms with E-state index in [1.54, 1.807) is 13.8 Å². The van der Waals surface area contributed by atoms with E-state index in [0.717, 1.165) is 0 Å². The van der Waals surface area contributed by atoms with E-state index < -0.39 is 11.0 Å². The summed E-state index contributed by atoms with van der Waals surface area (Å²) in [5, 5.41) is 16.3. The molecule has 1 atom stereocenters. The maximum absolute atomic E-state index is 12.3. The number of non-ortho nitro benzene ring substituents is 1. The van der Waals surface area contributed by atoms with E-state index >= 15 is 0 Å². The Bertz CT molecular complexity index is 631. The van der Waals surface area contributed by atoms with Crippen LogP contribution < -0.4 is 10.6 Å². The fraction of sp³-hybridized carbons (Fsp3) is 0.529. The van der Waals surface area contributed by atoms with E-state index in [0.29, 0.717) is 23.5 Å². The first-order chi connectivity index (χ1) is 11.7. The van der Waals surface area contributed by atoms with Crippen molar-refractivity contribution < 1.29 is 19.2 Å². The van der Waals surface area contributed by atoms with Crippen molar-refractivity contribution in [1.29, 1.82) is 0 Å². The summed E-state index contributed by atoms with van der Waals surface area (Å²) in [7, 11) is 0. The molecule has 0 heterocycles. The highest BCUT2D eigenvalue weighted by Gasteiger charge is 2.18. The third-order valence-corrected chi connectivity index (χ3v) is 3.53. The summed E-state index contributed by atoms with van der Waals surface area (Å²) in [6.45, 7) is 7.91. The lowest BCUT2D eigenvalue weighted by atomic mass is 10.0. The minimum Gasteiger partial charge on any atom is -0.450 e. The van der Waals surface area contributed by atoms with Crippen LogP contribution in [0.1, 0.15) is 43.1 Å². The number of nitrogens with one attached hydrogen (secondary N) is 2. The van der Waals surface area contributed by atoms with E-state index in [1.807, 2.05) is 13.8 Å². The number of benzene rings is 1. The maximum atomic E-state index is 12.3. The molecule has 0 aromatic heterocycles. The minimum absolute atomic E-state index is 0.0595. The van der Waals surface area contributed by atoms with Gasteiger partial charge >= 0.3 is 6.09 Å². The molecule has 0 saturated carbocycles. The first-order valence-corrected chi connectivity index (χ1v) is 8.21. The van der Waals surface area contributed by atoms with Gasteiger partial charge in [0.25, 0.3) is 11.6 Å². The largest absolute Gasteiger partial charge is 0.450 e. The Hall–Kier alpha value is -2.64. The van der Waals surface area contributed by atoms with Gasteiger partial charge in [-0.25, -0.2) is 4.79 Å². The van der Waals surface area contributed by atoms with Crippen LogP contribution in [0.3, 0.4) is 0 Å². The van der Waals surface area contributed by atoms with Crippen molar-refractivity contribution in [3.63, 3.8) is 0 Å². The molecule has 25 heavy (non-hydrogen) atoms. The Labute approximate surface area is 147 Å². The third kappa shape index (κ3) is 6.78. The number of hydrogen-bond acceptors (Lipinski definition) is 5. The Balaban J connectivity index is 2.73. The molecule has 0 aliphatic rings. The number of nitro groups is 1. The van der Waals surface area contributed by atoms with Crippen molar-refractivity contribution in [3.8, 4) is 0 Å². The summed E-state index contributed by atoms with van der Waals surface area (Å²) in [5.74, 6) is -0.0169. The highest BCUT2D eigenvalue weighted by Crippen LogP contribution is 2.17. The van der Waals surface area contributed by atoms with E-state index in [4.69, 9.17) is 4.74 Å². The Morgan fingerprint density at radius 2 is 2.00 bits per heavy atom. The average Bonchev–Trinajstić information content (AvgIpc) is 2.51. The predicted octanol–water partition coefficient (Wildman–Crippen LogP) is 2.79. The zero-order chi connectivity index (χ0) is 19.0. The molecule has 138 valence electrons. The van der Waals surface area contributed by atoms with Crippen LogP contribution in [0, 0.1) is 23.0 Å². The summed E-state index contributed by atoms with van der Waals surface area (Å²) >= 11 is 0. The number of nitrogens with zero attached hydrogens (tertiary/aromatic N) is 1. The van der Waals surface area contributed by atoms with Crippen LogP contribution in [0.25, 0.3) is 0 Å². The van der Waals surface area contributed by atoms with Gasteiger partial charge in [-0.3, -0.25) is 14.9 Å². The molecule has 1 aromatic rings. The molecule has 1 unspecified atom stereocenters. The monoisotopic (exact) mass is 351 g/mol. The summed E-state index contributed by atoms with van der Waals surface area (Å²) in [4.78, 5) is 34.2. The SMILES string of the molecule is CCOC(=O)NC(CNC(=O)c1ccc([N+](=O)[O-])cc1C)CC(C)C. The Morgan fingerprint density at radius 1 is 1.32 bits per heavy atom. The van der Waals surface area contributed by atoms with E-state index in [2.05, 4.69) is 10.6 Å². The highest BCUT2D eigenvalue weighted by atomic mass is 16.6. The second-order valence-electron chi connectivity index (χ2n) is 6.16. The summed E-state index contributed by atoms with van der Waals surface area (Å²) < 4.78 is 4.87. The van der Waals surface area contributed by atoms with E-state index in [9.17, 15) is 19.7 Å². The van der Waals surface area contributed by atoms with Gasteiger partial charge in [-0.05, 0) is 37.8 Å². The van der Waals surface area contributed by atoms with E-state index in [1.165, 1.54) is 18.2 Å². The number of nitro benzene ring substituents is 1. The molecule has 2 N–H and O–H groups in total. The topological polar surface area (TPSA) is 111 Å². The van der Waals surface area contributed by atoms with Crippen LogP contribution in [-0.4, -0.2) is 36.1 Å². The van der Waals surface area contributed by atoms with Crippen molar-refractivity contribution in [3.05, 3.63) is 39.4 Å². The highest BCUT2D eigenvalue weighted by molar-refractivity contribution is 5.95. The Kier molecular flexibility index (Phi) is 7.84. The average molecular weight is 351 g/mol. The van der Waals surface area contributed by atoms with Gasteiger partial charge in [0.15, 0.2) is 0 Å². The number of carbonyl (C=O) groups excluding carboxylic acids is 2. The zero-order valence-electron chi connectivity index (χ0n) is 15.0. The van der Waals surface area contributed by atoms with Gasteiger partial charge in [-0.2, -0.15) is 0 Å². The number of alkyl carbamates (subject to hydrolysis) is 1. The smallest absolute Gasteiger partial charge is 0.407 e. The molecular formula is C17H25N3O5. The van der Waals surface area contributed by atoms with Gasteiger partial charge in [-0.1, -0.05) is 13.8 Å². The predicted molar refractivity (Wildman–Crippen MR) is 93.6 cm³/mol. The van der Waals surface area contributed by atoms with Crippen LogP contribution in [0.2, 0.25) is 0 Å². The van der Waals surface area contributed by atoms with Crippen molar-refractivity contribution >= 4 is 17.7 Å². The van der Waals surface area contributed by atoms with Crippen LogP contribution >= 0.6 is 0 Å².